The van der Waals surface area contributed by atoms with E-state index < -0.39 is 14.9 Å². The first-order valence-electron chi connectivity index (χ1n) is 6.15. The maximum Gasteiger partial charge on any atom is 0.269 e. The zero-order chi connectivity index (χ0) is 16.2. The van der Waals surface area contributed by atoms with Gasteiger partial charge in [0.2, 0.25) is 15.9 Å². The molecule has 1 amide bonds. The number of amides is 1. The molecule has 0 aliphatic carbocycles. The largest absolute Gasteiger partial charge is 0.348 e. The van der Waals surface area contributed by atoms with Crippen molar-refractivity contribution in [2.45, 2.75) is 11.8 Å². The van der Waals surface area contributed by atoms with Crippen molar-refractivity contribution in [3.05, 3.63) is 34.4 Å². The van der Waals surface area contributed by atoms with Crippen molar-refractivity contribution in [1.29, 1.82) is 0 Å². The molecule has 0 N–H and O–H groups in total. The van der Waals surface area contributed by atoms with Crippen molar-refractivity contribution in [2.24, 2.45) is 0 Å². The molecule has 0 aliphatic rings. The number of rotatable bonds is 6. The first-order valence-corrected chi connectivity index (χ1v) is 7.59. The molecular weight excluding hydrogens is 298 g/mol. The van der Waals surface area contributed by atoms with Gasteiger partial charge >= 0.3 is 0 Å². The SMILES string of the molecule is CCN(CC(=O)N(C)C)S(=O)(=O)c1ccc([N+](=O)[O-])cc1. The van der Waals surface area contributed by atoms with Gasteiger partial charge in [-0.15, -0.1) is 0 Å². The Morgan fingerprint density at radius 3 is 2.14 bits per heavy atom. The minimum atomic E-state index is -3.86. The van der Waals surface area contributed by atoms with E-state index in [-0.39, 0.29) is 29.6 Å². The van der Waals surface area contributed by atoms with E-state index in [4.69, 9.17) is 0 Å². The zero-order valence-corrected chi connectivity index (χ0v) is 12.8. The molecule has 1 aromatic rings. The molecule has 0 fully saturated rings. The van der Waals surface area contributed by atoms with Gasteiger partial charge in [-0.3, -0.25) is 14.9 Å². The summed E-state index contributed by atoms with van der Waals surface area (Å²) in [5.74, 6) is -0.345. The highest BCUT2D eigenvalue weighted by Gasteiger charge is 2.26. The van der Waals surface area contributed by atoms with Crippen molar-refractivity contribution < 1.29 is 18.1 Å². The molecule has 0 saturated carbocycles. The Balaban J connectivity index is 3.07. The minimum absolute atomic E-state index is 0.0819. The van der Waals surface area contributed by atoms with Crippen molar-refractivity contribution in [3.8, 4) is 0 Å². The third kappa shape index (κ3) is 3.99. The predicted octanol–water partition coefficient (Wildman–Crippen LogP) is 0.694. The van der Waals surface area contributed by atoms with Gasteiger partial charge in [0.1, 0.15) is 0 Å². The first kappa shape index (κ1) is 17.1. The fourth-order valence-corrected chi connectivity index (χ4v) is 2.95. The Hall–Kier alpha value is -2.00. The Bertz CT molecular complexity index is 625. The Kier molecular flexibility index (Phi) is 5.39. The fraction of sp³-hybridized carbons (Fsp3) is 0.417. The van der Waals surface area contributed by atoms with E-state index in [1.165, 1.54) is 19.0 Å². The van der Waals surface area contributed by atoms with Gasteiger partial charge in [-0.05, 0) is 12.1 Å². The molecule has 0 bridgehead atoms. The van der Waals surface area contributed by atoms with Crippen molar-refractivity contribution in [2.75, 3.05) is 27.2 Å². The number of likely N-dealkylation sites (N-methyl/N-ethyl adjacent to an activating group) is 2. The maximum absolute atomic E-state index is 12.4. The smallest absolute Gasteiger partial charge is 0.269 e. The standard InChI is InChI=1S/C12H17N3O5S/c1-4-14(9-12(16)13(2)3)21(19,20)11-7-5-10(6-8-11)15(17)18/h5-8H,4,9H2,1-3H3. The number of sulfonamides is 1. The number of carbonyl (C=O) groups excluding carboxylic acids is 1. The molecular formula is C12H17N3O5S. The van der Waals surface area contributed by atoms with Crippen LogP contribution in [-0.4, -0.2) is 55.6 Å². The molecule has 116 valence electrons. The molecule has 0 aromatic heterocycles. The van der Waals surface area contributed by atoms with Crippen LogP contribution in [0.4, 0.5) is 5.69 Å². The number of hydrogen-bond acceptors (Lipinski definition) is 5. The lowest BCUT2D eigenvalue weighted by Gasteiger charge is -2.21. The fourth-order valence-electron chi connectivity index (χ4n) is 1.55. The molecule has 9 heteroatoms. The Labute approximate surface area is 123 Å². The number of non-ortho nitro benzene ring substituents is 1. The summed E-state index contributed by atoms with van der Waals surface area (Å²) in [6.07, 6.45) is 0. The molecule has 0 heterocycles. The highest BCUT2D eigenvalue weighted by molar-refractivity contribution is 7.89. The summed E-state index contributed by atoms with van der Waals surface area (Å²) in [7, 11) is -0.786. The third-order valence-corrected chi connectivity index (χ3v) is 4.78. The molecule has 0 aliphatic heterocycles. The second-order valence-corrected chi connectivity index (χ2v) is 6.41. The lowest BCUT2D eigenvalue weighted by atomic mass is 10.3. The highest BCUT2D eigenvalue weighted by Crippen LogP contribution is 2.19. The topological polar surface area (TPSA) is 101 Å². The van der Waals surface area contributed by atoms with Crippen LogP contribution in [-0.2, 0) is 14.8 Å². The van der Waals surface area contributed by atoms with Crippen molar-refractivity contribution >= 4 is 21.6 Å². The summed E-state index contributed by atoms with van der Waals surface area (Å²) in [5.41, 5.74) is -0.193. The van der Waals surface area contributed by atoms with Crippen LogP contribution < -0.4 is 0 Å². The van der Waals surface area contributed by atoms with Gasteiger partial charge in [-0.2, -0.15) is 4.31 Å². The molecule has 1 rings (SSSR count). The minimum Gasteiger partial charge on any atom is -0.348 e. The van der Waals surface area contributed by atoms with Gasteiger partial charge in [0.15, 0.2) is 0 Å². The van der Waals surface area contributed by atoms with Gasteiger partial charge in [-0.1, -0.05) is 6.92 Å². The molecule has 1 aromatic carbocycles. The molecule has 0 atom stereocenters. The Morgan fingerprint density at radius 1 is 1.24 bits per heavy atom. The van der Waals surface area contributed by atoms with E-state index in [0.717, 1.165) is 28.6 Å². The van der Waals surface area contributed by atoms with Gasteiger partial charge in [0, 0.05) is 32.8 Å². The van der Waals surface area contributed by atoms with Gasteiger partial charge in [0.05, 0.1) is 16.4 Å². The van der Waals surface area contributed by atoms with Crippen molar-refractivity contribution in [1.82, 2.24) is 9.21 Å². The van der Waals surface area contributed by atoms with Crippen LogP contribution in [0, 0.1) is 10.1 Å². The Morgan fingerprint density at radius 2 is 1.76 bits per heavy atom. The van der Waals surface area contributed by atoms with Gasteiger partial charge < -0.3 is 4.90 Å². The van der Waals surface area contributed by atoms with Crippen molar-refractivity contribution in [3.63, 3.8) is 0 Å². The summed E-state index contributed by atoms with van der Waals surface area (Å²) >= 11 is 0. The number of benzene rings is 1. The average Bonchev–Trinajstić information content (AvgIpc) is 2.44. The van der Waals surface area contributed by atoms with Crippen LogP contribution in [0.25, 0.3) is 0 Å². The summed E-state index contributed by atoms with van der Waals surface area (Å²) in [6, 6.07) is 4.56. The molecule has 0 unspecified atom stereocenters. The van der Waals surface area contributed by atoms with Crippen LogP contribution in [0.15, 0.2) is 29.2 Å². The number of carbonyl (C=O) groups is 1. The van der Waals surface area contributed by atoms with E-state index in [0.29, 0.717) is 0 Å². The normalized spacial score (nSPS) is 11.4. The maximum atomic E-state index is 12.4. The quantitative estimate of drug-likeness (QED) is 0.568. The summed E-state index contributed by atoms with van der Waals surface area (Å²) < 4.78 is 25.8. The first-order chi connectivity index (χ1) is 9.70. The van der Waals surface area contributed by atoms with Crippen LogP contribution >= 0.6 is 0 Å². The van der Waals surface area contributed by atoms with E-state index in [1.807, 2.05) is 0 Å². The van der Waals surface area contributed by atoms with Crippen LogP contribution in [0.5, 0.6) is 0 Å². The lowest BCUT2D eigenvalue weighted by molar-refractivity contribution is -0.384. The van der Waals surface area contributed by atoms with Crippen LogP contribution in [0.3, 0.4) is 0 Å². The summed E-state index contributed by atoms with van der Waals surface area (Å²) in [5, 5.41) is 10.6. The second-order valence-electron chi connectivity index (χ2n) is 4.47. The molecule has 0 saturated heterocycles. The molecule has 0 radical (unpaired) electrons. The van der Waals surface area contributed by atoms with E-state index in [1.54, 1.807) is 6.92 Å². The second kappa shape index (κ2) is 6.64. The van der Waals surface area contributed by atoms with Crippen LogP contribution in [0.1, 0.15) is 6.92 Å². The van der Waals surface area contributed by atoms with Gasteiger partial charge in [0.25, 0.3) is 5.69 Å². The third-order valence-electron chi connectivity index (χ3n) is 2.85. The summed E-state index contributed by atoms with van der Waals surface area (Å²) in [4.78, 5) is 22.8. The lowest BCUT2D eigenvalue weighted by Crippen LogP contribution is -2.40. The van der Waals surface area contributed by atoms with Gasteiger partial charge in [-0.25, -0.2) is 8.42 Å². The van der Waals surface area contributed by atoms with E-state index in [9.17, 15) is 23.3 Å². The summed E-state index contributed by atoms with van der Waals surface area (Å²) in [6.45, 7) is 1.47. The number of nitro groups is 1. The molecule has 21 heavy (non-hydrogen) atoms. The number of nitro benzene ring substituents is 1. The number of nitrogens with zero attached hydrogens (tertiary/aromatic N) is 3. The zero-order valence-electron chi connectivity index (χ0n) is 12.0. The predicted molar refractivity (Wildman–Crippen MR) is 76.2 cm³/mol. The van der Waals surface area contributed by atoms with E-state index in [2.05, 4.69) is 0 Å². The molecule has 0 spiro atoms. The number of hydrogen-bond donors (Lipinski definition) is 0. The highest BCUT2D eigenvalue weighted by atomic mass is 32.2. The molecule has 8 nitrogen and oxygen atoms in total. The monoisotopic (exact) mass is 315 g/mol. The van der Waals surface area contributed by atoms with E-state index >= 15 is 0 Å². The van der Waals surface area contributed by atoms with Crippen LogP contribution in [0.2, 0.25) is 0 Å². The average molecular weight is 315 g/mol.